The number of esters is 3. The maximum absolute atomic E-state index is 13.0. The van der Waals surface area contributed by atoms with Crippen molar-refractivity contribution < 1.29 is 28.6 Å². The van der Waals surface area contributed by atoms with Gasteiger partial charge < -0.3 is 14.2 Å². The minimum atomic E-state index is -0.777. The Morgan fingerprint density at radius 2 is 0.481 bits per heavy atom. The third-order valence-electron chi connectivity index (χ3n) is 16.0. The SMILES string of the molecule is CC/C=C\C/C=C\C/C=C\C/C=C\CCCCCCCCCCCCC(=O)OCC(COC(=O)CCCCCCCCCCC/C=C\CCCCCCCC)OC(=O)CCCCCCCCCCCCCCCCCCCCCCC. The summed E-state index contributed by atoms with van der Waals surface area (Å²) in [6.07, 6.45) is 89.5. The molecule has 0 heterocycles. The highest BCUT2D eigenvalue weighted by Gasteiger charge is 2.19. The predicted molar refractivity (Wildman–Crippen MR) is 353 cm³/mol. The first kappa shape index (κ1) is 78.1. The van der Waals surface area contributed by atoms with Gasteiger partial charge in [0, 0.05) is 19.3 Å². The average Bonchev–Trinajstić information content (AvgIpc) is 3.47. The lowest BCUT2D eigenvalue weighted by atomic mass is 10.0. The van der Waals surface area contributed by atoms with Gasteiger partial charge in [-0.1, -0.05) is 338 Å². The maximum atomic E-state index is 13.0. The van der Waals surface area contributed by atoms with E-state index in [2.05, 4.69) is 81.5 Å². The number of allylic oxidation sites excluding steroid dienone is 10. The summed E-state index contributed by atoms with van der Waals surface area (Å²) in [4.78, 5) is 38.5. The molecule has 81 heavy (non-hydrogen) atoms. The van der Waals surface area contributed by atoms with Crippen LogP contribution >= 0.6 is 0 Å². The van der Waals surface area contributed by atoms with Crippen LogP contribution in [0.2, 0.25) is 0 Å². The van der Waals surface area contributed by atoms with Gasteiger partial charge in [0.15, 0.2) is 6.10 Å². The summed E-state index contributed by atoms with van der Waals surface area (Å²) in [6, 6.07) is 0. The molecule has 0 fully saturated rings. The standard InChI is InChI=1S/C75H136O6/c1-4-7-10-13-16-19-22-25-28-31-34-36-37-39-41-44-47-50-53-56-59-62-65-68-74(77)80-71-72(70-79-73(76)67-64-61-58-55-52-49-46-43-40-33-30-27-24-21-18-15-12-9-6-3)81-75(78)69-66-63-60-57-54-51-48-45-42-38-35-32-29-26-23-20-17-14-11-8-5-2/h7,10,16,19,25,27-28,30,34,36,72H,4-6,8-9,11-15,17-18,20-24,26,29,31-33,35,37-71H2,1-3H3/b10-7-,19-16-,28-25-,30-27-,36-34-. The highest BCUT2D eigenvalue weighted by Crippen LogP contribution is 2.18. The van der Waals surface area contributed by atoms with E-state index in [0.29, 0.717) is 19.3 Å². The Kier molecular flexibility index (Phi) is 67.1. The first-order chi connectivity index (χ1) is 40.0. The molecule has 0 rings (SSSR count). The van der Waals surface area contributed by atoms with Crippen molar-refractivity contribution in [2.24, 2.45) is 0 Å². The molecule has 0 spiro atoms. The molecular formula is C75H136O6. The van der Waals surface area contributed by atoms with Crippen LogP contribution in [0.25, 0.3) is 0 Å². The molecule has 0 radical (unpaired) electrons. The van der Waals surface area contributed by atoms with E-state index in [9.17, 15) is 14.4 Å². The van der Waals surface area contributed by atoms with E-state index in [0.717, 1.165) is 83.5 Å². The number of hydrogen-bond donors (Lipinski definition) is 0. The molecular weight excluding hydrogens is 997 g/mol. The lowest BCUT2D eigenvalue weighted by molar-refractivity contribution is -0.167. The molecule has 0 saturated carbocycles. The van der Waals surface area contributed by atoms with Crippen LogP contribution in [0.4, 0.5) is 0 Å². The van der Waals surface area contributed by atoms with Gasteiger partial charge in [0.25, 0.3) is 0 Å². The first-order valence-electron chi connectivity index (χ1n) is 35.8. The number of ether oxygens (including phenoxy) is 3. The van der Waals surface area contributed by atoms with Gasteiger partial charge in [0.1, 0.15) is 13.2 Å². The van der Waals surface area contributed by atoms with Gasteiger partial charge in [-0.2, -0.15) is 0 Å². The molecule has 0 aliphatic heterocycles. The summed E-state index contributed by atoms with van der Waals surface area (Å²) in [5.41, 5.74) is 0. The Balaban J connectivity index is 4.33. The maximum Gasteiger partial charge on any atom is 0.306 e. The largest absolute Gasteiger partial charge is 0.462 e. The monoisotopic (exact) mass is 1130 g/mol. The Morgan fingerprint density at radius 1 is 0.259 bits per heavy atom. The lowest BCUT2D eigenvalue weighted by Crippen LogP contribution is -2.30. The van der Waals surface area contributed by atoms with Crippen molar-refractivity contribution in [2.45, 2.75) is 386 Å². The van der Waals surface area contributed by atoms with E-state index >= 15 is 0 Å². The van der Waals surface area contributed by atoms with E-state index in [-0.39, 0.29) is 31.1 Å². The second kappa shape index (κ2) is 69.6. The van der Waals surface area contributed by atoms with Crippen LogP contribution in [-0.4, -0.2) is 37.2 Å². The molecule has 6 heteroatoms. The molecule has 0 aromatic heterocycles. The number of carbonyl (C=O) groups is 3. The van der Waals surface area contributed by atoms with E-state index in [1.807, 2.05) is 0 Å². The molecule has 0 aliphatic rings. The van der Waals surface area contributed by atoms with E-state index in [1.54, 1.807) is 0 Å². The van der Waals surface area contributed by atoms with E-state index < -0.39 is 6.10 Å². The van der Waals surface area contributed by atoms with E-state index in [1.165, 1.54) is 257 Å². The molecule has 0 N–H and O–H groups in total. The fraction of sp³-hybridized carbons (Fsp3) is 0.827. The number of carbonyl (C=O) groups excluding carboxylic acids is 3. The van der Waals surface area contributed by atoms with Crippen molar-refractivity contribution in [2.75, 3.05) is 13.2 Å². The van der Waals surface area contributed by atoms with Gasteiger partial charge in [-0.25, -0.2) is 0 Å². The van der Waals surface area contributed by atoms with Crippen LogP contribution in [0.15, 0.2) is 60.8 Å². The quantitative estimate of drug-likeness (QED) is 0.0261. The van der Waals surface area contributed by atoms with Gasteiger partial charge in [0.05, 0.1) is 0 Å². The Labute approximate surface area is 504 Å². The molecule has 0 aliphatic carbocycles. The molecule has 6 nitrogen and oxygen atoms in total. The normalized spacial score (nSPS) is 12.4. The van der Waals surface area contributed by atoms with Crippen LogP contribution < -0.4 is 0 Å². The van der Waals surface area contributed by atoms with Crippen molar-refractivity contribution in [3.8, 4) is 0 Å². The van der Waals surface area contributed by atoms with Crippen molar-refractivity contribution in [3.63, 3.8) is 0 Å². The lowest BCUT2D eigenvalue weighted by Gasteiger charge is -2.18. The topological polar surface area (TPSA) is 78.9 Å². The number of rotatable bonds is 66. The second-order valence-electron chi connectivity index (χ2n) is 24.1. The van der Waals surface area contributed by atoms with Gasteiger partial charge in [0.2, 0.25) is 0 Å². The fourth-order valence-electron chi connectivity index (χ4n) is 10.7. The second-order valence-corrected chi connectivity index (χ2v) is 24.1. The van der Waals surface area contributed by atoms with Crippen LogP contribution in [-0.2, 0) is 28.6 Å². The van der Waals surface area contributed by atoms with Crippen LogP contribution in [0, 0.1) is 0 Å². The smallest absolute Gasteiger partial charge is 0.306 e. The number of unbranched alkanes of at least 4 members (excludes halogenated alkanes) is 45. The molecule has 0 aromatic carbocycles. The third-order valence-corrected chi connectivity index (χ3v) is 16.0. The minimum Gasteiger partial charge on any atom is -0.462 e. The molecule has 0 amide bonds. The molecule has 472 valence electrons. The zero-order chi connectivity index (χ0) is 58.5. The molecule has 0 saturated heterocycles. The van der Waals surface area contributed by atoms with Crippen molar-refractivity contribution in [3.05, 3.63) is 60.8 Å². The predicted octanol–water partition coefficient (Wildman–Crippen LogP) is 24.7. The fourth-order valence-corrected chi connectivity index (χ4v) is 10.7. The van der Waals surface area contributed by atoms with Crippen molar-refractivity contribution in [1.29, 1.82) is 0 Å². The molecule has 0 bridgehead atoms. The zero-order valence-corrected chi connectivity index (χ0v) is 54.3. The third kappa shape index (κ3) is 67.8. The summed E-state index contributed by atoms with van der Waals surface area (Å²) in [6.45, 7) is 6.59. The van der Waals surface area contributed by atoms with Crippen LogP contribution in [0.3, 0.4) is 0 Å². The average molecular weight is 1130 g/mol. The van der Waals surface area contributed by atoms with Gasteiger partial charge >= 0.3 is 17.9 Å². The molecule has 1 atom stereocenters. The van der Waals surface area contributed by atoms with Crippen molar-refractivity contribution in [1.82, 2.24) is 0 Å². The molecule has 1 unspecified atom stereocenters. The summed E-state index contributed by atoms with van der Waals surface area (Å²) in [5, 5.41) is 0. The van der Waals surface area contributed by atoms with Crippen LogP contribution in [0.1, 0.15) is 380 Å². The molecule has 0 aromatic rings. The summed E-state index contributed by atoms with van der Waals surface area (Å²) < 4.78 is 17.0. The summed E-state index contributed by atoms with van der Waals surface area (Å²) >= 11 is 0. The zero-order valence-electron chi connectivity index (χ0n) is 54.3. The van der Waals surface area contributed by atoms with Gasteiger partial charge in [-0.3, -0.25) is 14.4 Å². The minimum absolute atomic E-state index is 0.0721. The van der Waals surface area contributed by atoms with Gasteiger partial charge in [-0.05, 0) is 83.5 Å². The summed E-state index contributed by atoms with van der Waals surface area (Å²) in [5.74, 6) is -0.851. The summed E-state index contributed by atoms with van der Waals surface area (Å²) in [7, 11) is 0. The first-order valence-corrected chi connectivity index (χ1v) is 35.8. The van der Waals surface area contributed by atoms with Gasteiger partial charge in [-0.15, -0.1) is 0 Å². The Bertz CT molecular complexity index is 1440. The highest BCUT2D eigenvalue weighted by molar-refractivity contribution is 5.71. The Morgan fingerprint density at radius 3 is 0.765 bits per heavy atom. The highest BCUT2D eigenvalue weighted by atomic mass is 16.6. The Hall–Kier alpha value is -2.89. The van der Waals surface area contributed by atoms with Crippen molar-refractivity contribution >= 4 is 17.9 Å². The van der Waals surface area contributed by atoms with E-state index in [4.69, 9.17) is 14.2 Å². The van der Waals surface area contributed by atoms with Crippen LogP contribution in [0.5, 0.6) is 0 Å². The number of hydrogen-bond acceptors (Lipinski definition) is 6.